The molecule has 0 spiro atoms. The number of ether oxygens (including phenoxy) is 1. The molecule has 0 unspecified atom stereocenters. The number of thioether (sulfide) groups is 1. The zero-order valence-electron chi connectivity index (χ0n) is 17.9. The molecule has 0 radical (unpaired) electrons. The van der Waals surface area contributed by atoms with E-state index in [4.69, 9.17) is 21.6 Å². The van der Waals surface area contributed by atoms with Crippen LogP contribution < -0.4 is 4.74 Å². The number of nitrogens with zero attached hydrogens (tertiary/aromatic N) is 5. The molecule has 0 aliphatic heterocycles. The Morgan fingerprint density at radius 3 is 2.65 bits per heavy atom. The zero-order chi connectivity index (χ0) is 23.3. The highest BCUT2D eigenvalue weighted by Gasteiger charge is 2.16. The second-order valence-electron chi connectivity index (χ2n) is 7.40. The number of pyridine rings is 1. The molecule has 0 atom stereocenters. The van der Waals surface area contributed by atoms with Gasteiger partial charge in [-0.3, -0.25) is 9.55 Å². The van der Waals surface area contributed by atoms with Crippen LogP contribution in [0.4, 0.5) is 0 Å². The van der Waals surface area contributed by atoms with E-state index in [-0.39, 0.29) is 6.61 Å². The third kappa shape index (κ3) is 4.60. The molecule has 0 aliphatic rings. The molecule has 2 aromatic heterocycles. The van der Waals surface area contributed by atoms with Gasteiger partial charge in [-0.2, -0.15) is 5.26 Å². The van der Waals surface area contributed by atoms with E-state index in [1.807, 2.05) is 71.3 Å². The van der Waals surface area contributed by atoms with Gasteiger partial charge >= 0.3 is 0 Å². The fourth-order valence-electron chi connectivity index (χ4n) is 3.53. The van der Waals surface area contributed by atoms with Gasteiger partial charge in [0.1, 0.15) is 17.9 Å². The normalized spacial score (nSPS) is 10.8. The summed E-state index contributed by atoms with van der Waals surface area (Å²) in [5, 5.41) is 20.2. The van der Waals surface area contributed by atoms with E-state index < -0.39 is 0 Å². The number of hydrogen-bond donors (Lipinski definition) is 0. The fourth-order valence-corrected chi connectivity index (χ4v) is 4.84. The topological polar surface area (TPSA) is 76.6 Å². The number of halogens is 1. The summed E-state index contributed by atoms with van der Waals surface area (Å²) >= 11 is 7.89. The van der Waals surface area contributed by atoms with Crippen molar-refractivity contribution in [3.05, 3.63) is 107 Å². The van der Waals surface area contributed by atoms with Crippen LogP contribution in [0.3, 0.4) is 0 Å². The Hall–Kier alpha value is -3.86. The van der Waals surface area contributed by atoms with Crippen LogP contribution in [-0.2, 0) is 12.4 Å². The highest BCUT2D eigenvalue weighted by Crippen LogP contribution is 2.30. The molecular weight excluding hydrogens is 466 g/mol. The monoisotopic (exact) mass is 483 g/mol. The second kappa shape index (κ2) is 9.96. The molecule has 3 aromatic carbocycles. The van der Waals surface area contributed by atoms with Crippen LogP contribution in [0, 0.1) is 11.3 Å². The lowest BCUT2D eigenvalue weighted by molar-refractivity contribution is 0.296. The average Bonchev–Trinajstić information content (AvgIpc) is 3.29. The predicted octanol–water partition coefficient (Wildman–Crippen LogP) is 6.21. The van der Waals surface area contributed by atoms with Crippen molar-refractivity contribution in [3.8, 4) is 17.5 Å². The second-order valence-corrected chi connectivity index (χ2v) is 8.75. The molecule has 0 saturated heterocycles. The Morgan fingerprint density at radius 1 is 0.971 bits per heavy atom. The van der Waals surface area contributed by atoms with Gasteiger partial charge in [-0.1, -0.05) is 65.8 Å². The van der Waals surface area contributed by atoms with Gasteiger partial charge in [0, 0.05) is 28.0 Å². The van der Waals surface area contributed by atoms with E-state index in [0.29, 0.717) is 27.9 Å². The Bertz CT molecular complexity index is 1490. The van der Waals surface area contributed by atoms with E-state index in [0.717, 1.165) is 27.3 Å². The van der Waals surface area contributed by atoms with Crippen LogP contribution in [0.25, 0.3) is 16.6 Å². The molecule has 2 heterocycles. The molecule has 166 valence electrons. The Labute approximate surface area is 205 Å². The van der Waals surface area contributed by atoms with Crippen molar-refractivity contribution < 1.29 is 4.74 Å². The lowest BCUT2D eigenvalue weighted by Crippen LogP contribution is -2.07. The lowest BCUT2D eigenvalue weighted by atomic mass is 10.2. The largest absolute Gasteiger partial charge is 0.483 e. The van der Waals surface area contributed by atoms with Crippen molar-refractivity contribution >= 4 is 34.3 Å². The third-order valence-corrected chi connectivity index (χ3v) is 6.54. The van der Waals surface area contributed by atoms with Gasteiger partial charge in [0.15, 0.2) is 11.0 Å². The highest BCUT2D eigenvalue weighted by molar-refractivity contribution is 7.98. The number of rotatable bonds is 7. The molecule has 5 rings (SSSR count). The first-order chi connectivity index (χ1) is 16.7. The molecule has 8 heteroatoms. The van der Waals surface area contributed by atoms with Crippen LogP contribution in [0.2, 0.25) is 5.02 Å². The summed E-state index contributed by atoms with van der Waals surface area (Å²) in [4.78, 5) is 4.46. The summed E-state index contributed by atoms with van der Waals surface area (Å²) in [6.07, 6.45) is 1.75. The van der Waals surface area contributed by atoms with Gasteiger partial charge in [-0.15, -0.1) is 10.2 Å². The first-order valence-electron chi connectivity index (χ1n) is 10.5. The Kier molecular flexibility index (Phi) is 6.43. The van der Waals surface area contributed by atoms with Crippen LogP contribution in [-0.4, -0.2) is 19.7 Å². The minimum absolute atomic E-state index is 0.232. The van der Waals surface area contributed by atoms with Crippen molar-refractivity contribution in [3.63, 3.8) is 0 Å². The number of nitriles is 1. The summed E-state index contributed by atoms with van der Waals surface area (Å²) in [6.45, 7) is 0.232. The molecule has 6 nitrogen and oxygen atoms in total. The molecule has 0 aliphatic carbocycles. The number of aromatic nitrogens is 4. The minimum Gasteiger partial charge on any atom is -0.483 e. The molecule has 0 bridgehead atoms. The third-order valence-electron chi connectivity index (χ3n) is 5.21. The predicted molar refractivity (Wildman–Crippen MR) is 133 cm³/mol. The summed E-state index contributed by atoms with van der Waals surface area (Å²) in [5.41, 5.74) is 3.21. The lowest BCUT2D eigenvalue weighted by Gasteiger charge is -2.12. The van der Waals surface area contributed by atoms with E-state index in [9.17, 15) is 0 Å². The molecule has 5 aromatic rings. The first kappa shape index (κ1) is 22.0. The van der Waals surface area contributed by atoms with Gasteiger partial charge in [-0.25, -0.2) is 0 Å². The summed E-state index contributed by atoms with van der Waals surface area (Å²) < 4.78 is 8.13. The van der Waals surface area contributed by atoms with Crippen molar-refractivity contribution in [1.82, 2.24) is 19.7 Å². The highest BCUT2D eigenvalue weighted by atomic mass is 35.5. The number of fused-ring (bicyclic) bond motifs is 1. The van der Waals surface area contributed by atoms with Gasteiger partial charge < -0.3 is 4.74 Å². The van der Waals surface area contributed by atoms with Gasteiger partial charge in [0.2, 0.25) is 0 Å². The fraction of sp³-hybridized carbons (Fsp3) is 0.0769. The van der Waals surface area contributed by atoms with Crippen molar-refractivity contribution in [2.45, 2.75) is 17.5 Å². The smallest absolute Gasteiger partial charge is 0.196 e. The van der Waals surface area contributed by atoms with Crippen LogP contribution in [0.5, 0.6) is 5.75 Å². The van der Waals surface area contributed by atoms with Crippen molar-refractivity contribution in [2.75, 3.05) is 0 Å². The van der Waals surface area contributed by atoms with Crippen LogP contribution >= 0.6 is 23.4 Å². The Balaban J connectivity index is 1.42. The first-order valence-corrected chi connectivity index (χ1v) is 11.9. The number of benzene rings is 3. The molecule has 0 saturated carbocycles. The maximum atomic E-state index is 9.07. The zero-order valence-corrected chi connectivity index (χ0v) is 19.5. The van der Waals surface area contributed by atoms with E-state index in [1.165, 1.54) is 11.8 Å². The quantitative estimate of drug-likeness (QED) is 0.256. The molecule has 34 heavy (non-hydrogen) atoms. The van der Waals surface area contributed by atoms with Gasteiger partial charge in [0.05, 0.1) is 11.6 Å². The van der Waals surface area contributed by atoms with Gasteiger partial charge in [0.25, 0.3) is 0 Å². The summed E-state index contributed by atoms with van der Waals surface area (Å²) in [7, 11) is 0. The standard InChI is InChI=1S/C26H18ClN5OS/c27-22-14-18(15-28)11-12-20(22)17-34-26-31-30-24(32(26)21-8-2-1-3-9-21)16-33-23-10-4-6-19-7-5-13-29-25(19)23/h1-14H,16-17H2. The van der Waals surface area contributed by atoms with Crippen molar-refractivity contribution in [2.24, 2.45) is 0 Å². The van der Waals surface area contributed by atoms with Crippen molar-refractivity contribution in [1.29, 1.82) is 5.26 Å². The maximum Gasteiger partial charge on any atom is 0.196 e. The molecule has 0 amide bonds. The van der Waals surface area contributed by atoms with Crippen LogP contribution in [0.15, 0.2) is 90.2 Å². The summed E-state index contributed by atoms with van der Waals surface area (Å²) in [5.74, 6) is 1.95. The Morgan fingerprint density at radius 2 is 1.82 bits per heavy atom. The molecular formula is C26H18ClN5OS. The molecule has 0 fully saturated rings. The van der Waals surface area contributed by atoms with E-state index in [1.54, 1.807) is 18.3 Å². The maximum absolute atomic E-state index is 9.07. The SMILES string of the molecule is N#Cc1ccc(CSc2nnc(COc3cccc4cccnc34)n2-c2ccccc2)c(Cl)c1. The van der Waals surface area contributed by atoms with Crippen LogP contribution in [0.1, 0.15) is 17.0 Å². The molecule has 0 N–H and O–H groups in total. The average molecular weight is 484 g/mol. The van der Waals surface area contributed by atoms with E-state index >= 15 is 0 Å². The number of hydrogen-bond acceptors (Lipinski definition) is 6. The van der Waals surface area contributed by atoms with Gasteiger partial charge in [-0.05, 0) is 42.0 Å². The minimum atomic E-state index is 0.232. The van der Waals surface area contributed by atoms with E-state index in [2.05, 4.69) is 21.3 Å². The summed E-state index contributed by atoms with van der Waals surface area (Å²) in [6, 6.07) is 27.1. The number of para-hydroxylation sites is 2.